The van der Waals surface area contributed by atoms with E-state index in [4.69, 9.17) is 5.11 Å². The number of aliphatic carboxylic acids is 1. The van der Waals surface area contributed by atoms with Crippen molar-refractivity contribution in [2.75, 3.05) is 0 Å². The molecule has 0 saturated carbocycles. The minimum absolute atomic E-state index is 0.0277. The number of carboxylic acid groups (broad SMARTS) is 1. The van der Waals surface area contributed by atoms with Crippen molar-refractivity contribution >= 4 is 5.97 Å². The van der Waals surface area contributed by atoms with Crippen LogP contribution in [0.25, 0.3) is 0 Å². The topological polar surface area (TPSA) is 55.1 Å². The third kappa shape index (κ3) is 2.87. The average Bonchev–Trinajstić information content (AvgIpc) is 2.60. The largest absolute Gasteiger partial charge is 0.481 e. The molecule has 0 atom stereocenters. The number of carbonyl (C=O) groups is 1. The first kappa shape index (κ1) is 14.2. The highest BCUT2D eigenvalue weighted by molar-refractivity contribution is 5.70. The van der Waals surface area contributed by atoms with E-state index in [0.717, 1.165) is 28.1 Å². The molecule has 0 spiro atoms. The molecule has 1 N–H and O–H groups in total. The van der Waals surface area contributed by atoms with Crippen LogP contribution in [0.15, 0.2) is 18.2 Å². The highest BCUT2D eigenvalue weighted by atomic mass is 19.1. The molecule has 0 aliphatic rings. The highest BCUT2D eigenvalue weighted by Crippen LogP contribution is 2.17. The third-order valence-corrected chi connectivity index (χ3v) is 3.48. The normalized spacial score (nSPS) is 10.8. The number of nitrogens with zero attached hydrogens (tertiary/aromatic N) is 2. The van der Waals surface area contributed by atoms with Crippen LogP contribution in [0, 0.1) is 26.6 Å². The van der Waals surface area contributed by atoms with E-state index >= 15 is 0 Å². The summed E-state index contributed by atoms with van der Waals surface area (Å²) in [5.41, 5.74) is 4.15. The predicted octanol–water partition coefficient (Wildman–Crippen LogP) is 2.62. The Balaban J connectivity index is 2.32. The first-order chi connectivity index (χ1) is 9.38. The Bertz CT molecular complexity index is 662. The van der Waals surface area contributed by atoms with Gasteiger partial charge in [-0.1, -0.05) is 6.07 Å². The zero-order valence-electron chi connectivity index (χ0n) is 11.8. The number of hydrogen-bond acceptors (Lipinski definition) is 2. The van der Waals surface area contributed by atoms with E-state index in [2.05, 4.69) is 5.10 Å². The second-order valence-electron chi connectivity index (χ2n) is 4.95. The summed E-state index contributed by atoms with van der Waals surface area (Å²) in [6.45, 7) is 6.02. The maximum absolute atomic E-state index is 13.1. The molecule has 0 unspecified atom stereocenters. The van der Waals surface area contributed by atoms with Gasteiger partial charge < -0.3 is 5.11 Å². The molecule has 0 saturated heterocycles. The summed E-state index contributed by atoms with van der Waals surface area (Å²) in [5, 5.41) is 13.3. The molecule has 0 fully saturated rings. The quantitative estimate of drug-likeness (QED) is 0.934. The average molecular weight is 276 g/mol. The van der Waals surface area contributed by atoms with Crippen LogP contribution in [0.3, 0.4) is 0 Å². The van der Waals surface area contributed by atoms with Gasteiger partial charge in [0.15, 0.2) is 0 Å². The summed E-state index contributed by atoms with van der Waals surface area (Å²) in [6, 6.07) is 4.64. The van der Waals surface area contributed by atoms with E-state index < -0.39 is 5.97 Å². The lowest BCUT2D eigenvalue weighted by molar-refractivity contribution is -0.136. The van der Waals surface area contributed by atoms with Crippen molar-refractivity contribution in [3.63, 3.8) is 0 Å². The maximum atomic E-state index is 13.1. The van der Waals surface area contributed by atoms with E-state index in [0.29, 0.717) is 6.54 Å². The zero-order chi connectivity index (χ0) is 14.9. The van der Waals surface area contributed by atoms with Crippen molar-refractivity contribution in [3.05, 3.63) is 52.1 Å². The Labute approximate surface area is 116 Å². The summed E-state index contributed by atoms with van der Waals surface area (Å²) in [4.78, 5) is 10.9. The van der Waals surface area contributed by atoms with Crippen molar-refractivity contribution in [2.24, 2.45) is 0 Å². The van der Waals surface area contributed by atoms with Gasteiger partial charge in [-0.05, 0) is 44.0 Å². The van der Waals surface area contributed by atoms with Crippen molar-refractivity contribution in [1.29, 1.82) is 0 Å². The lowest BCUT2D eigenvalue weighted by Crippen LogP contribution is -2.07. The van der Waals surface area contributed by atoms with Crippen LogP contribution >= 0.6 is 0 Å². The predicted molar refractivity (Wildman–Crippen MR) is 73.3 cm³/mol. The Morgan fingerprint density at radius 1 is 1.35 bits per heavy atom. The van der Waals surface area contributed by atoms with Crippen LogP contribution in [0.1, 0.15) is 28.1 Å². The Hall–Kier alpha value is -2.17. The van der Waals surface area contributed by atoms with Gasteiger partial charge in [0.1, 0.15) is 5.82 Å². The highest BCUT2D eigenvalue weighted by Gasteiger charge is 2.15. The number of rotatable bonds is 4. The number of aryl methyl sites for hydroxylation is 2. The molecule has 106 valence electrons. The Morgan fingerprint density at radius 3 is 2.65 bits per heavy atom. The van der Waals surface area contributed by atoms with Gasteiger partial charge in [0.05, 0.1) is 18.7 Å². The molecule has 0 aliphatic heterocycles. The lowest BCUT2D eigenvalue weighted by Gasteiger charge is -2.08. The van der Waals surface area contributed by atoms with Crippen molar-refractivity contribution in [1.82, 2.24) is 9.78 Å². The molecule has 1 aromatic heterocycles. The minimum atomic E-state index is -0.867. The monoisotopic (exact) mass is 276 g/mol. The second kappa shape index (κ2) is 5.45. The van der Waals surface area contributed by atoms with E-state index in [1.54, 1.807) is 17.7 Å². The van der Waals surface area contributed by atoms with E-state index in [1.165, 1.54) is 12.1 Å². The maximum Gasteiger partial charge on any atom is 0.307 e. The first-order valence-corrected chi connectivity index (χ1v) is 6.38. The standard InChI is InChI=1S/C15H17FN2O2/c1-9-6-13(16)5-4-12(9)8-18-11(3)14(7-15(19)20)10(2)17-18/h4-6H,7-8H2,1-3H3,(H,19,20). The second-order valence-corrected chi connectivity index (χ2v) is 4.95. The fourth-order valence-electron chi connectivity index (χ4n) is 2.29. The van der Waals surface area contributed by atoms with Crippen LogP contribution < -0.4 is 0 Å². The van der Waals surface area contributed by atoms with Gasteiger partial charge in [-0.3, -0.25) is 9.48 Å². The van der Waals surface area contributed by atoms with E-state index in [9.17, 15) is 9.18 Å². The third-order valence-electron chi connectivity index (χ3n) is 3.48. The Morgan fingerprint density at radius 2 is 2.05 bits per heavy atom. The molecule has 5 heteroatoms. The fraction of sp³-hybridized carbons (Fsp3) is 0.333. The summed E-state index contributed by atoms with van der Waals surface area (Å²) < 4.78 is 14.9. The smallest absolute Gasteiger partial charge is 0.307 e. The summed E-state index contributed by atoms with van der Waals surface area (Å²) in [6.07, 6.45) is -0.0277. The van der Waals surface area contributed by atoms with Gasteiger partial charge in [-0.15, -0.1) is 0 Å². The molecule has 0 aliphatic carbocycles. The number of benzene rings is 1. The molecule has 1 heterocycles. The van der Waals surface area contributed by atoms with Gasteiger partial charge in [0, 0.05) is 11.3 Å². The van der Waals surface area contributed by atoms with Crippen molar-refractivity contribution in [3.8, 4) is 0 Å². The van der Waals surface area contributed by atoms with Crippen molar-refractivity contribution < 1.29 is 14.3 Å². The van der Waals surface area contributed by atoms with E-state index in [1.807, 2.05) is 13.8 Å². The van der Waals surface area contributed by atoms with Crippen molar-refractivity contribution in [2.45, 2.75) is 33.7 Å². The molecule has 2 aromatic rings. The first-order valence-electron chi connectivity index (χ1n) is 6.38. The van der Waals surface area contributed by atoms with Gasteiger partial charge in [-0.2, -0.15) is 5.10 Å². The molecular formula is C15H17FN2O2. The summed E-state index contributed by atoms with van der Waals surface area (Å²) >= 11 is 0. The minimum Gasteiger partial charge on any atom is -0.481 e. The van der Waals surface area contributed by atoms with Gasteiger partial charge >= 0.3 is 5.97 Å². The molecule has 20 heavy (non-hydrogen) atoms. The van der Waals surface area contributed by atoms with Gasteiger partial charge in [0.2, 0.25) is 0 Å². The molecule has 0 radical (unpaired) electrons. The molecule has 1 aromatic carbocycles. The Kier molecular flexibility index (Phi) is 3.88. The molecule has 0 amide bonds. The van der Waals surface area contributed by atoms with Crippen LogP contribution in [-0.4, -0.2) is 20.9 Å². The van der Waals surface area contributed by atoms with Crippen LogP contribution in [0.5, 0.6) is 0 Å². The lowest BCUT2D eigenvalue weighted by atomic mass is 10.1. The molecule has 4 nitrogen and oxygen atoms in total. The summed E-state index contributed by atoms with van der Waals surface area (Å²) in [5.74, 6) is -1.13. The molecule has 2 rings (SSSR count). The zero-order valence-corrected chi connectivity index (χ0v) is 11.8. The number of aromatic nitrogens is 2. The SMILES string of the molecule is Cc1cc(F)ccc1Cn1nc(C)c(CC(=O)O)c1C. The number of halogens is 1. The van der Waals surface area contributed by atoms with Gasteiger partial charge in [-0.25, -0.2) is 4.39 Å². The van der Waals surface area contributed by atoms with E-state index in [-0.39, 0.29) is 12.2 Å². The van der Waals surface area contributed by atoms with Crippen LogP contribution in [-0.2, 0) is 17.8 Å². The van der Waals surface area contributed by atoms with Gasteiger partial charge in [0.25, 0.3) is 0 Å². The van der Waals surface area contributed by atoms with Crippen LogP contribution in [0.4, 0.5) is 4.39 Å². The fourth-order valence-corrected chi connectivity index (χ4v) is 2.29. The van der Waals surface area contributed by atoms with Crippen LogP contribution in [0.2, 0.25) is 0 Å². The molecule has 0 bridgehead atoms. The number of hydrogen-bond donors (Lipinski definition) is 1. The molecular weight excluding hydrogens is 259 g/mol. The summed E-state index contributed by atoms with van der Waals surface area (Å²) in [7, 11) is 0. The number of carboxylic acids is 1.